The van der Waals surface area contributed by atoms with Crippen LogP contribution in [0.5, 0.6) is 5.75 Å². The molecule has 136 valence electrons. The number of amides is 1. The van der Waals surface area contributed by atoms with Crippen molar-refractivity contribution in [2.24, 2.45) is 5.92 Å². The van der Waals surface area contributed by atoms with Gasteiger partial charge in [-0.05, 0) is 56.1 Å². The summed E-state index contributed by atoms with van der Waals surface area (Å²) >= 11 is 0. The van der Waals surface area contributed by atoms with Crippen LogP contribution in [0.4, 0.5) is 5.69 Å². The zero-order chi connectivity index (χ0) is 15.4. The van der Waals surface area contributed by atoms with Crippen LogP contribution in [0.25, 0.3) is 0 Å². The Kier molecular flexibility index (Phi) is 8.67. The lowest BCUT2D eigenvalue weighted by Crippen LogP contribution is -2.49. The summed E-state index contributed by atoms with van der Waals surface area (Å²) in [7, 11) is 0. The Morgan fingerprint density at radius 1 is 1.04 bits per heavy atom. The van der Waals surface area contributed by atoms with Crippen LogP contribution in [0.3, 0.4) is 0 Å². The molecule has 2 fully saturated rings. The Morgan fingerprint density at radius 2 is 1.62 bits per heavy atom. The lowest BCUT2D eigenvalue weighted by molar-refractivity contribution is -0.132. The van der Waals surface area contributed by atoms with Crippen LogP contribution < -0.4 is 10.2 Å². The number of rotatable bonds is 3. The number of hydrogen-bond acceptors (Lipinski definition) is 4. The maximum absolute atomic E-state index is 12.4. The molecule has 24 heavy (non-hydrogen) atoms. The van der Waals surface area contributed by atoms with Crippen LogP contribution in [-0.4, -0.2) is 55.2 Å². The number of anilines is 1. The molecule has 0 bridgehead atoms. The molecular weight excluding hydrogens is 349 g/mol. The number of carbonyl (C=O) groups is 1. The minimum absolute atomic E-state index is 0. The minimum Gasteiger partial charge on any atom is -0.508 e. The van der Waals surface area contributed by atoms with E-state index in [9.17, 15) is 9.90 Å². The molecule has 2 aliphatic rings. The largest absolute Gasteiger partial charge is 0.508 e. The van der Waals surface area contributed by atoms with Crippen molar-refractivity contribution in [3.63, 3.8) is 0 Å². The van der Waals surface area contributed by atoms with E-state index in [-0.39, 0.29) is 24.8 Å². The minimum atomic E-state index is 0. The molecule has 0 aliphatic carbocycles. The van der Waals surface area contributed by atoms with Gasteiger partial charge in [0.05, 0.1) is 0 Å². The van der Waals surface area contributed by atoms with Crippen molar-refractivity contribution in [2.45, 2.75) is 19.3 Å². The van der Waals surface area contributed by atoms with E-state index in [0.29, 0.717) is 24.0 Å². The van der Waals surface area contributed by atoms with Crippen LogP contribution in [0, 0.1) is 5.92 Å². The molecule has 0 radical (unpaired) electrons. The van der Waals surface area contributed by atoms with Crippen LogP contribution >= 0.6 is 24.8 Å². The SMILES string of the molecule is Cl.Cl.O=C(CC1CCNCC1)N1CCN(c2ccc(O)cc2)CC1. The van der Waals surface area contributed by atoms with Gasteiger partial charge in [0.25, 0.3) is 0 Å². The Morgan fingerprint density at radius 3 is 2.21 bits per heavy atom. The summed E-state index contributed by atoms with van der Waals surface area (Å²) in [6.07, 6.45) is 2.96. The van der Waals surface area contributed by atoms with Gasteiger partial charge in [0.15, 0.2) is 0 Å². The van der Waals surface area contributed by atoms with Gasteiger partial charge in [0.1, 0.15) is 5.75 Å². The first-order chi connectivity index (χ1) is 10.7. The average molecular weight is 376 g/mol. The Labute approximate surface area is 156 Å². The summed E-state index contributed by atoms with van der Waals surface area (Å²) in [5.41, 5.74) is 1.11. The fourth-order valence-corrected chi connectivity index (χ4v) is 3.34. The van der Waals surface area contributed by atoms with Crippen molar-refractivity contribution in [3.05, 3.63) is 24.3 Å². The highest BCUT2D eigenvalue weighted by Gasteiger charge is 2.24. The molecule has 0 atom stereocenters. The predicted octanol–water partition coefficient (Wildman–Crippen LogP) is 2.27. The summed E-state index contributed by atoms with van der Waals surface area (Å²) in [5.74, 6) is 1.17. The number of halogens is 2. The number of nitrogens with one attached hydrogen (secondary N) is 1. The maximum Gasteiger partial charge on any atom is 0.222 e. The second-order valence-electron chi connectivity index (χ2n) is 6.28. The quantitative estimate of drug-likeness (QED) is 0.850. The number of phenols is 1. The molecule has 5 nitrogen and oxygen atoms in total. The van der Waals surface area contributed by atoms with Gasteiger partial charge in [0, 0.05) is 38.3 Å². The number of nitrogens with zero attached hydrogens (tertiary/aromatic N) is 2. The fraction of sp³-hybridized carbons (Fsp3) is 0.588. The number of piperidine rings is 1. The Hall–Kier alpha value is -1.17. The van der Waals surface area contributed by atoms with Gasteiger partial charge >= 0.3 is 0 Å². The van der Waals surface area contributed by atoms with E-state index < -0.39 is 0 Å². The number of aromatic hydroxyl groups is 1. The first-order valence-electron chi connectivity index (χ1n) is 8.25. The highest BCUT2D eigenvalue weighted by atomic mass is 35.5. The van der Waals surface area contributed by atoms with Crippen molar-refractivity contribution < 1.29 is 9.90 Å². The molecule has 0 unspecified atom stereocenters. The highest BCUT2D eigenvalue weighted by molar-refractivity contribution is 5.85. The Balaban J connectivity index is 0.00000144. The maximum atomic E-state index is 12.4. The average Bonchev–Trinajstić information content (AvgIpc) is 2.57. The van der Waals surface area contributed by atoms with E-state index in [0.717, 1.165) is 57.8 Å². The van der Waals surface area contributed by atoms with Gasteiger partial charge in [0.2, 0.25) is 5.91 Å². The zero-order valence-electron chi connectivity index (χ0n) is 13.8. The molecular formula is C17H27Cl2N3O2. The van der Waals surface area contributed by atoms with E-state index in [1.54, 1.807) is 12.1 Å². The first kappa shape index (κ1) is 20.9. The third-order valence-corrected chi connectivity index (χ3v) is 4.77. The van der Waals surface area contributed by atoms with E-state index in [4.69, 9.17) is 0 Å². The molecule has 0 spiro atoms. The standard InChI is InChI=1S/C17H25N3O2.2ClH/c21-16-3-1-15(2-4-16)19-9-11-20(12-10-19)17(22)13-14-5-7-18-8-6-14;;/h1-4,14,18,21H,5-13H2;2*1H. The van der Waals surface area contributed by atoms with Gasteiger partial charge in [-0.1, -0.05) is 0 Å². The molecule has 2 heterocycles. The highest BCUT2D eigenvalue weighted by Crippen LogP contribution is 2.21. The van der Waals surface area contributed by atoms with Crippen LogP contribution in [-0.2, 0) is 4.79 Å². The molecule has 0 saturated carbocycles. The van der Waals surface area contributed by atoms with E-state index in [1.165, 1.54) is 0 Å². The normalized spacial score (nSPS) is 18.5. The zero-order valence-corrected chi connectivity index (χ0v) is 15.5. The lowest BCUT2D eigenvalue weighted by atomic mass is 9.94. The van der Waals surface area contributed by atoms with E-state index in [1.807, 2.05) is 17.0 Å². The summed E-state index contributed by atoms with van der Waals surface area (Å²) < 4.78 is 0. The molecule has 1 aromatic carbocycles. The van der Waals surface area contributed by atoms with Gasteiger partial charge < -0.3 is 20.2 Å². The first-order valence-corrected chi connectivity index (χ1v) is 8.25. The molecule has 0 aromatic heterocycles. The number of benzene rings is 1. The number of carbonyl (C=O) groups excluding carboxylic acids is 1. The molecule has 2 aliphatic heterocycles. The van der Waals surface area contributed by atoms with Gasteiger partial charge in [-0.25, -0.2) is 0 Å². The van der Waals surface area contributed by atoms with Crippen LogP contribution in [0.15, 0.2) is 24.3 Å². The van der Waals surface area contributed by atoms with Gasteiger partial charge in [-0.3, -0.25) is 4.79 Å². The predicted molar refractivity (Wildman–Crippen MR) is 102 cm³/mol. The fourth-order valence-electron chi connectivity index (χ4n) is 3.34. The molecule has 1 aromatic rings. The number of piperazine rings is 1. The summed E-state index contributed by atoms with van der Waals surface area (Å²) in [6, 6.07) is 7.29. The summed E-state index contributed by atoms with van der Waals surface area (Å²) in [4.78, 5) is 16.7. The second-order valence-corrected chi connectivity index (χ2v) is 6.28. The van der Waals surface area contributed by atoms with Gasteiger partial charge in [-0.15, -0.1) is 24.8 Å². The third kappa shape index (κ3) is 5.43. The topological polar surface area (TPSA) is 55.8 Å². The van der Waals surface area contributed by atoms with Crippen molar-refractivity contribution in [1.82, 2.24) is 10.2 Å². The molecule has 1 amide bonds. The lowest BCUT2D eigenvalue weighted by Gasteiger charge is -2.37. The second kappa shape index (κ2) is 9.97. The van der Waals surface area contributed by atoms with Crippen LogP contribution in [0.2, 0.25) is 0 Å². The van der Waals surface area contributed by atoms with Crippen molar-refractivity contribution in [3.8, 4) is 5.75 Å². The number of phenolic OH excluding ortho intramolecular Hbond substituents is 1. The van der Waals surface area contributed by atoms with Crippen LogP contribution in [0.1, 0.15) is 19.3 Å². The van der Waals surface area contributed by atoms with Gasteiger partial charge in [-0.2, -0.15) is 0 Å². The monoisotopic (exact) mass is 375 g/mol. The van der Waals surface area contributed by atoms with Crippen molar-refractivity contribution in [1.29, 1.82) is 0 Å². The van der Waals surface area contributed by atoms with Crippen molar-refractivity contribution >= 4 is 36.4 Å². The summed E-state index contributed by atoms with van der Waals surface area (Å²) in [5, 5.41) is 12.7. The molecule has 3 rings (SSSR count). The third-order valence-electron chi connectivity index (χ3n) is 4.77. The number of hydrogen-bond donors (Lipinski definition) is 2. The molecule has 2 saturated heterocycles. The Bertz CT molecular complexity index is 499. The smallest absolute Gasteiger partial charge is 0.222 e. The molecule has 7 heteroatoms. The molecule has 2 N–H and O–H groups in total. The van der Waals surface area contributed by atoms with E-state index in [2.05, 4.69) is 10.2 Å². The van der Waals surface area contributed by atoms with Crippen molar-refractivity contribution in [2.75, 3.05) is 44.2 Å². The van der Waals surface area contributed by atoms with E-state index >= 15 is 0 Å². The summed E-state index contributed by atoms with van der Waals surface area (Å²) in [6.45, 7) is 5.42.